The Morgan fingerprint density at radius 1 is 1.00 bits per heavy atom. The molecular weight excluding hydrogens is 276 g/mol. The Kier molecular flexibility index (Phi) is 137. The first-order valence-electron chi connectivity index (χ1n) is 0. The zero-order chi connectivity index (χ0) is 0. The number of hydrogen-bond donors (Lipinski definition) is 0. The van der Waals surface area contributed by atoms with Crippen LogP contribution in [0.5, 0.6) is 0 Å². The fourth-order valence-electron chi connectivity index (χ4n) is 0. The van der Waals surface area contributed by atoms with Crippen LogP contribution in [0.25, 0.3) is 0 Å². The summed E-state index contributed by atoms with van der Waals surface area (Å²) >= 11 is 0. The molecule has 0 spiro atoms. The minimum atomic E-state index is 0. The maximum atomic E-state index is 0. The topological polar surface area (TPSA) is 0 Å². The largest absolute Gasteiger partial charge is 0.0814 e. The molecule has 0 atom stereocenters. The van der Waals surface area contributed by atoms with Gasteiger partial charge in [0.25, 0.3) is 0 Å². The van der Waals surface area contributed by atoms with E-state index in [1.807, 2.05) is 0 Å². The van der Waals surface area contributed by atoms with Gasteiger partial charge in [-0.3, -0.25) is 0 Å². The molecule has 0 heterocycles. The Labute approximate surface area is 84.2 Å². The summed E-state index contributed by atoms with van der Waals surface area (Å²) in [7, 11) is 0. The average Bonchev–Trinajstić information content (AvgIpc) is 0. The van der Waals surface area contributed by atoms with Crippen LogP contribution >= 0.6 is 0 Å². The third-order valence-electron chi connectivity index (χ3n) is 0. The molecule has 20 valence electrons. The molecule has 0 aliphatic heterocycles. The van der Waals surface area contributed by atoms with E-state index in [0.717, 1.165) is 0 Å². The standard InChI is InChI=1S/BH3.Fe.Nd.Zn/h1H3;;;. The van der Waals surface area contributed by atoms with E-state index < -0.39 is 0 Å². The maximum Gasteiger partial charge on any atom is 0.0814 e. The first-order valence-corrected chi connectivity index (χ1v) is 0. The van der Waals surface area contributed by atoms with Crippen LogP contribution in [0.3, 0.4) is 0 Å². The zero-order valence-electron chi connectivity index (χ0n) is 1.56. The summed E-state index contributed by atoms with van der Waals surface area (Å²) in [5.41, 5.74) is 0. The molecule has 0 radical (unpaired) electrons. The van der Waals surface area contributed by atoms with Crippen LogP contribution in [-0.4, -0.2) is 8.41 Å². The Bertz CT molecular complexity index is 8.00. The summed E-state index contributed by atoms with van der Waals surface area (Å²) in [6, 6.07) is 0. The van der Waals surface area contributed by atoms with Crippen molar-refractivity contribution in [3.8, 4) is 0 Å². The summed E-state index contributed by atoms with van der Waals surface area (Å²) in [5, 5.41) is 0. The summed E-state index contributed by atoms with van der Waals surface area (Å²) < 4.78 is 0. The maximum absolute atomic E-state index is 0. The predicted molar refractivity (Wildman–Crippen MR) is 9.94 cm³/mol. The van der Waals surface area contributed by atoms with Crippen molar-refractivity contribution < 1.29 is 77.4 Å². The molecule has 0 aliphatic carbocycles. The van der Waals surface area contributed by atoms with Gasteiger partial charge in [0, 0.05) is 77.4 Å². The third kappa shape index (κ3) is 8.82. The number of hydrogen-bond acceptors (Lipinski definition) is 0. The van der Waals surface area contributed by atoms with Crippen LogP contribution in [0, 0.1) is 40.8 Å². The first kappa shape index (κ1) is 31.0. The molecule has 0 N–H and O–H groups in total. The van der Waals surface area contributed by atoms with Gasteiger partial charge in [-0.1, -0.05) is 0 Å². The van der Waals surface area contributed by atoms with E-state index in [1.54, 1.807) is 0 Å². The van der Waals surface area contributed by atoms with E-state index in [2.05, 4.69) is 0 Å². The second-order valence-corrected chi connectivity index (χ2v) is 0. The van der Waals surface area contributed by atoms with Gasteiger partial charge in [-0.25, -0.2) is 0 Å². The van der Waals surface area contributed by atoms with E-state index in [4.69, 9.17) is 0 Å². The van der Waals surface area contributed by atoms with Crippen molar-refractivity contribution >= 4 is 8.41 Å². The van der Waals surface area contributed by atoms with Gasteiger partial charge < -0.3 is 0 Å². The van der Waals surface area contributed by atoms with Gasteiger partial charge in [0.2, 0.25) is 0 Å². The molecule has 0 aliphatic rings. The third-order valence-corrected chi connectivity index (χ3v) is 0. The summed E-state index contributed by atoms with van der Waals surface area (Å²) in [5.74, 6) is 0. The molecule has 0 unspecified atom stereocenters. The van der Waals surface area contributed by atoms with E-state index >= 15 is 0 Å². The van der Waals surface area contributed by atoms with Gasteiger partial charge in [-0.05, 0) is 0 Å². The molecule has 0 saturated heterocycles. The van der Waals surface area contributed by atoms with Crippen LogP contribution < -0.4 is 0 Å². The van der Waals surface area contributed by atoms with Crippen LogP contribution in [0.15, 0.2) is 0 Å². The molecule has 0 bridgehead atoms. The van der Waals surface area contributed by atoms with Crippen LogP contribution in [-0.2, 0) is 36.5 Å². The zero-order valence-corrected chi connectivity index (χ0v) is 8.84. The average molecular weight is 279 g/mol. The molecule has 0 amide bonds. The van der Waals surface area contributed by atoms with Gasteiger partial charge >= 0.3 is 0 Å². The molecule has 4 heavy (non-hydrogen) atoms. The van der Waals surface area contributed by atoms with E-state index in [9.17, 15) is 0 Å². The van der Waals surface area contributed by atoms with E-state index in [-0.39, 0.29) is 85.8 Å². The molecule has 0 aromatic heterocycles. The Hall–Kier alpha value is 2.56. The van der Waals surface area contributed by atoms with Gasteiger partial charge in [-0.2, -0.15) is 0 Å². The quantitative estimate of drug-likeness (QED) is 0.489. The van der Waals surface area contributed by atoms with Crippen LogP contribution in [0.1, 0.15) is 0 Å². The van der Waals surface area contributed by atoms with Crippen molar-refractivity contribution in [3.05, 3.63) is 0 Å². The second-order valence-electron chi connectivity index (χ2n) is 0. The van der Waals surface area contributed by atoms with Crippen molar-refractivity contribution in [2.24, 2.45) is 0 Å². The summed E-state index contributed by atoms with van der Waals surface area (Å²) in [4.78, 5) is 0. The first-order chi connectivity index (χ1) is 0. The summed E-state index contributed by atoms with van der Waals surface area (Å²) in [6.45, 7) is 0. The normalized spacial score (nSPS) is 0. The Balaban J connectivity index is 0. The molecule has 0 aromatic rings. The van der Waals surface area contributed by atoms with Crippen molar-refractivity contribution in [2.75, 3.05) is 0 Å². The number of rotatable bonds is 0. The smallest absolute Gasteiger partial charge is 0 e. The monoisotopic (exact) mass is 276 g/mol. The fraction of sp³-hybridized carbons (Fsp3) is 0. The van der Waals surface area contributed by atoms with Gasteiger partial charge in [0.15, 0.2) is 0 Å². The minimum absolute atomic E-state index is 0. The van der Waals surface area contributed by atoms with Crippen molar-refractivity contribution in [3.63, 3.8) is 0 Å². The van der Waals surface area contributed by atoms with E-state index in [0.29, 0.717) is 0 Å². The van der Waals surface area contributed by atoms with Crippen LogP contribution in [0.2, 0.25) is 0 Å². The van der Waals surface area contributed by atoms with Gasteiger partial charge in [0.05, 0.1) is 8.41 Å². The second kappa shape index (κ2) is 17.6. The Morgan fingerprint density at radius 2 is 1.00 bits per heavy atom. The Morgan fingerprint density at radius 3 is 1.00 bits per heavy atom. The van der Waals surface area contributed by atoms with Crippen molar-refractivity contribution in [2.45, 2.75) is 0 Å². The fourth-order valence-corrected chi connectivity index (χ4v) is 0. The molecule has 0 saturated carbocycles. The van der Waals surface area contributed by atoms with E-state index in [1.165, 1.54) is 0 Å². The predicted octanol–water partition coefficient (Wildman–Crippen LogP) is -1.19. The molecular formula is H3BFeNdZn. The van der Waals surface area contributed by atoms with Gasteiger partial charge in [-0.15, -0.1) is 0 Å². The van der Waals surface area contributed by atoms with Crippen LogP contribution in [0.4, 0.5) is 0 Å². The van der Waals surface area contributed by atoms with Gasteiger partial charge in [0.1, 0.15) is 0 Å². The SMILES string of the molecule is B.[Fe].[Nd].[Zn]. The van der Waals surface area contributed by atoms with Crippen molar-refractivity contribution in [1.82, 2.24) is 0 Å². The molecule has 0 rings (SSSR count). The van der Waals surface area contributed by atoms with Crippen molar-refractivity contribution in [1.29, 1.82) is 0 Å². The molecule has 0 nitrogen and oxygen atoms in total. The minimum Gasteiger partial charge on any atom is 0 e. The molecule has 4 heteroatoms. The molecule has 0 aromatic carbocycles. The summed E-state index contributed by atoms with van der Waals surface area (Å²) in [6.07, 6.45) is 0. The molecule has 0 fully saturated rings.